The molecule has 1 atom stereocenters. The standard InChI is InChI=1S/C14H21F3O2/c1-2-19-13(18)12(14(15,16)17)10-6-9-11-7-4-3-5-8-11/h6,9,11-12H,2-5,7-8,10H2,1H3/b9-6+. The van der Waals surface area contributed by atoms with Crippen LogP contribution in [0.15, 0.2) is 12.2 Å². The predicted molar refractivity (Wildman–Crippen MR) is 66.5 cm³/mol. The lowest BCUT2D eigenvalue weighted by Crippen LogP contribution is -2.31. The van der Waals surface area contributed by atoms with E-state index in [1.54, 1.807) is 0 Å². The maximum Gasteiger partial charge on any atom is 0.402 e. The molecule has 1 aliphatic carbocycles. The minimum absolute atomic E-state index is 0.0300. The summed E-state index contributed by atoms with van der Waals surface area (Å²) in [5.74, 6) is -2.85. The first-order valence-corrected chi connectivity index (χ1v) is 6.85. The van der Waals surface area contributed by atoms with Crippen LogP contribution >= 0.6 is 0 Å². The van der Waals surface area contributed by atoms with Gasteiger partial charge in [-0.2, -0.15) is 13.2 Å². The van der Waals surface area contributed by atoms with Gasteiger partial charge in [0.25, 0.3) is 0 Å². The number of rotatable bonds is 5. The predicted octanol–water partition coefficient (Wildman–Crippen LogP) is 4.25. The Hall–Kier alpha value is -1.00. The lowest BCUT2D eigenvalue weighted by molar-refractivity contribution is -0.196. The number of carbonyl (C=O) groups is 1. The number of hydrogen-bond acceptors (Lipinski definition) is 2. The molecule has 0 aromatic heterocycles. The first kappa shape index (κ1) is 16.1. The lowest BCUT2D eigenvalue weighted by atomic mass is 9.88. The molecular weight excluding hydrogens is 257 g/mol. The van der Waals surface area contributed by atoms with Gasteiger partial charge in [-0.05, 0) is 32.1 Å². The molecule has 1 aliphatic rings. The van der Waals surface area contributed by atoms with Gasteiger partial charge in [-0.25, -0.2) is 0 Å². The van der Waals surface area contributed by atoms with Crippen LogP contribution in [0.1, 0.15) is 45.4 Å². The van der Waals surface area contributed by atoms with Crippen molar-refractivity contribution in [1.82, 2.24) is 0 Å². The van der Waals surface area contributed by atoms with Gasteiger partial charge in [0.1, 0.15) is 0 Å². The van der Waals surface area contributed by atoms with Gasteiger partial charge in [0.2, 0.25) is 0 Å². The van der Waals surface area contributed by atoms with E-state index in [0.29, 0.717) is 5.92 Å². The number of halogens is 3. The summed E-state index contributed by atoms with van der Waals surface area (Å²) in [5, 5.41) is 0. The summed E-state index contributed by atoms with van der Waals surface area (Å²) in [6.07, 6.45) is 4.01. The minimum Gasteiger partial charge on any atom is -0.466 e. The molecule has 1 fully saturated rings. The number of alkyl halides is 3. The van der Waals surface area contributed by atoms with E-state index in [0.717, 1.165) is 25.7 Å². The molecule has 1 saturated carbocycles. The summed E-state index contributed by atoms with van der Waals surface area (Å²) in [6, 6.07) is 0. The maximum atomic E-state index is 12.7. The molecule has 0 bridgehead atoms. The van der Waals surface area contributed by atoms with Crippen LogP contribution in [-0.2, 0) is 9.53 Å². The van der Waals surface area contributed by atoms with E-state index in [9.17, 15) is 18.0 Å². The van der Waals surface area contributed by atoms with Crippen LogP contribution in [0.2, 0.25) is 0 Å². The topological polar surface area (TPSA) is 26.3 Å². The van der Waals surface area contributed by atoms with Gasteiger partial charge in [-0.15, -0.1) is 0 Å². The van der Waals surface area contributed by atoms with E-state index in [1.165, 1.54) is 19.4 Å². The molecule has 0 heterocycles. The van der Waals surface area contributed by atoms with E-state index >= 15 is 0 Å². The minimum atomic E-state index is -4.54. The van der Waals surface area contributed by atoms with Crippen molar-refractivity contribution in [2.75, 3.05) is 6.61 Å². The molecule has 110 valence electrons. The van der Waals surface area contributed by atoms with Crippen molar-refractivity contribution in [3.63, 3.8) is 0 Å². The number of allylic oxidation sites excluding steroid dienone is 2. The van der Waals surface area contributed by atoms with Crippen molar-refractivity contribution in [2.24, 2.45) is 11.8 Å². The number of ether oxygens (including phenoxy) is 1. The molecule has 2 nitrogen and oxygen atoms in total. The molecule has 0 amide bonds. The molecule has 0 N–H and O–H groups in total. The van der Waals surface area contributed by atoms with Crippen LogP contribution in [0, 0.1) is 11.8 Å². The van der Waals surface area contributed by atoms with E-state index in [4.69, 9.17) is 0 Å². The monoisotopic (exact) mass is 278 g/mol. The van der Waals surface area contributed by atoms with Gasteiger partial charge in [0, 0.05) is 0 Å². The third-order valence-electron chi connectivity index (χ3n) is 3.40. The smallest absolute Gasteiger partial charge is 0.402 e. The zero-order valence-corrected chi connectivity index (χ0v) is 11.2. The fraction of sp³-hybridized carbons (Fsp3) is 0.786. The van der Waals surface area contributed by atoms with Crippen LogP contribution in [0.4, 0.5) is 13.2 Å². The molecule has 0 saturated heterocycles. The summed E-state index contributed by atoms with van der Waals surface area (Å²) in [5.41, 5.74) is 0. The second-order valence-corrected chi connectivity index (χ2v) is 4.91. The summed E-state index contributed by atoms with van der Waals surface area (Å²) in [7, 11) is 0. The lowest BCUT2D eigenvalue weighted by Gasteiger charge is -2.19. The first-order chi connectivity index (χ1) is 8.95. The van der Waals surface area contributed by atoms with Crippen LogP contribution < -0.4 is 0 Å². The van der Waals surface area contributed by atoms with Gasteiger partial charge >= 0.3 is 12.1 Å². The van der Waals surface area contributed by atoms with Crippen LogP contribution in [0.25, 0.3) is 0 Å². The Morgan fingerprint density at radius 3 is 2.47 bits per heavy atom. The van der Waals surface area contributed by atoms with Crippen molar-refractivity contribution >= 4 is 5.97 Å². The molecule has 0 spiro atoms. The summed E-state index contributed by atoms with van der Waals surface area (Å²) in [4.78, 5) is 11.3. The van der Waals surface area contributed by atoms with Crippen LogP contribution in [-0.4, -0.2) is 18.8 Å². The van der Waals surface area contributed by atoms with Crippen LogP contribution in [0.5, 0.6) is 0 Å². The average molecular weight is 278 g/mol. The SMILES string of the molecule is CCOC(=O)C(C/C=C/C1CCCCC1)C(F)(F)F. The quantitative estimate of drug-likeness (QED) is 0.555. The Kier molecular flexibility index (Phi) is 6.38. The molecule has 5 heteroatoms. The highest BCUT2D eigenvalue weighted by molar-refractivity contribution is 5.73. The van der Waals surface area contributed by atoms with Crippen molar-refractivity contribution in [3.05, 3.63) is 12.2 Å². The number of esters is 1. The van der Waals surface area contributed by atoms with E-state index in [1.807, 2.05) is 6.08 Å². The van der Waals surface area contributed by atoms with E-state index in [-0.39, 0.29) is 13.0 Å². The maximum absolute atomic E-state index is 12.7. The van der Waals surface area contributed by atoms with Crippen molar-refractivity contribution in [1.29, 1.82) is 0 Å². The van der Waals surface area contributed by atoms with Gasteiger partial charge in [-0.3, -0.25) is 4.79 Å². The highest BCUT2D eigenvalue weighted by Crippen LogP contribution is 2.31. The molecule has 0 aliphatic heterocycles. The molecule has 0 radical (unpaired) electrons. The molecule has 1 unspecified atom stereocenters. The highest BCUT2D eigenvalue weighted by Gasteiger charge is 2.45. The van der Waals surface area contributed by atoms with Crippen LogP contribution in [0.3, 0.4) is 0 Å². The molecule has 0 aromatic carbocycles. The Bertz CT molecular complexity index is 304. The Morgan fingerprint density at radius 2 is 1.95 bits per heavy atom. The van der Waals surface area contributed by atoms with Gasteiger partial charge in [-0.1, -0.05) is 31.4 Å². The Labute approximate surface area is 112 Å². The van der Waals surface area contributed by atoms with E-state index < -0.39 is 18.1 Å². The Morgan fingerprint density at radius 1 is 1.32 bits per heavy atom. The van der Waals surface area contributed by atoms with Crippen molar-refractivity contribution < 1.29 is 22.7 Å². The molecular formula is C14H21F3O2. The molecule has 19 heavy (non-hydrogen) atoms. The number of hydrogen-bond donors (Lipinski definition) is 0. The Balaban J connectivity index is 2.52. The number of carbonyl (C=O) groups excluding carboxylic acids is 1. The second-order valence-electron chi connectivity index (χ2n) is 4.91. The largest absolute Gasteiger partial charge is 0.466 e. The molecule has 1 rings (SSSR count). The average Bonchev–Trinajstić information content (AvgIpc) is 2.34. The van der Waals surface area contributed by atoms with Gasteiger partial charge < -0.3 is 4.74 Å². The third kappa shape index (κ3) is 5.66. The fourth-order valence-electron chi connectivity index (χ4n) is 2.34. The third-order valence-corrected chi connectivity index (χ3v) is 3.40. The van der Waals surface area contributed by atoms with E-state index in [2.05, 4.69) is 4.74 Å². The summed E-state index contributed by atoms with van der Waals surface area (Å²) in [6.45, 7) is 1.47. The molecule has 0 aromatic rings. The second kappa shape index (κ2) is 7.56. The van der Waals surface area contributed by atoms with Crippen molar-refractivity contribution in [3.8, 4) is 0 Å². The summed E-state index contributed by atoms with van der Waals surface area (Å²) >= 11 is 0. The van der Waals surface area contributed by atoms with Gasteiger partial charge in [0.05, 0.1) is 6.61 Å². The highest BCUT2D eigenvalue weighted by atomic mass is 19.4. The zero-order chi connectivity index (χ0) is 14.3. The normalized spacial score (nSPS) is 19.6. The zero-order valence-electron chi connectivity index (χ0n) is 11.2. The fourth-order valence-corrected chi connectivity index (χ4v) is 2.34. The van der Waals surface area contributed by atoms with Gasteiger partial charge in [0.15, 0.2) is 5.92 Å². The van der Waals surface area contributed by atoms with Crippen molar-refractivity contribution in [2.45, 2.75) is 51.6 Å². The summed E-state index contributed by atoms with van der Waals surface area (Å²) < 4.78 is 42.7. The first-order valence-electron chi connectivity index (χ1n) is 6.85.